The first-order chi connectivity index (χ1) is 12.9. The van der Waals surface area contributed by atoms with Crippen molar-refractivity contribution in [3.63, 3.8) is 0 Å². The lowest BCUT2D eigenvalue weighted by Gasteiger charge is -2.25. The molecule has 2 heterocycles. The lowest BCUT2D eigenvalue weighted by atomic mass is 10.2. The third kappa shape index (κ3) is 4.59. The van der Waals surface area contributed by atoms with E-state index in [4.69, 9.17) is 0 Å². The average Bonchev–Trinajstić information content (AvgIpc) is 3.08. The van der Waals surface area contributed by atoms with E-state index in [0.717, 1.165) is 36.8 Å². The number of amides is 1. The van der Waals surface area contributed by atoms with Gasteiger partial charge in [0.2, 0.25) is 10.0 Å². The number of thiophene rings is 1. The molecule has 1 N–H and O–H groups in total. The third-order valence-corrected chi connectivity index (χ3v) is 8.19. The Balaban J connectivity index is 1.62. The molecule has 0 radical (unpaired) electrons. The van der Waals surface area contributed by atoms with Gasteiger partial charge in [0.25, 0.3) is 5.91 Å². The Bertz CT molecular complexity index is 896. The molecule has 0 saturated carbocycles. The van der Waals surface area contributed by atoms with Crippen LogP contribution in [0.4, 0.5) is 0 Å². The smallest absolute Gasteiger partial charge is 0.261 e. The van der Waals surface area contributed by atoms with Gasteiger partial charge in [-0.2, -0.15) is 4.31 Å². The molecule has 7 heteroatoms. The predicted octanol–water partition coefficient (Wildman–Crippen LogP) is 3.72. The Morgan fingerprint density at radius 3 is 2.41 bits per heavy atom. The Hall–Kier alpha value is -1.70. The first-order valence-electron chi connectivity index (χ1n) is 9.38. The number of carbonyl (C=O) groups excluding carboxylic acids is 1. The van der Waals surface area contributed by atoms with Gasteiger partial charge in [0.15, 0.2) is 0 Å². The molecule has 1 fully saturated rings. The van der Waals surface area contributed by atoms with E-state index in [9.17, 15) is 13.2 Å². The molecule has 1 aliphatic heterocycles. The van der Waals surface area contributed by atoms with E-state index in [1.807, 2.05) is 13.0 Å². The van der Waals surface area contributed by atoms with Crippen LogP contribution in [0.25, 0.3) is 0 Å². The van der Waals surface area contributed by atoms with Crippen LogP contribution in [0, 0.1) is 6.92 Å². The van der Waals surface area contributed by atoms with Gasteiger partial charge >= 0.3 is 0 Å². The fourth-order valence-corrected chi connectivity index (χ4v) is 5.83. The molecule has 0 spiro atoms. The SMILES string of the molecule is CCc1sc(C(=O)NCc2ccc(S(=O)(=O)N3CCCCC3)cc2)cc1C. The monoisotopic (exact) mass is 406 g/mol. The number of hydrogen-bond donors (Lipinski definition) is 1. The number of nitrogens with one attached hydrogen (secondary N) is 1. The number of carbonyl (C=O) groups is 1. The van der Waals surface area contributed by atoms with Crippen LogP contribution in [0.2, 0.25) is 0 Å². The number of hydrogen-bond acceptors (Lipinski definition) is 4. The second-order valence-electron chi connectivity index (χ2n) is 6.86. The van der Waals surface area contributed by atoms with Crippen LogP contribution in [0.5, 0.6) is 0 Å². The number of nitrogens with zero attached hydrogens (tertiary/aromatic N) is 1. The molecule has 2 aromatic rings. The summed E-state index contributed by atoms with van der Waals surface area (Å²) in [6, 6.07) is 8.74. The Morgan fingerprint density at radius 2 is 1.81 bits per heavy atom. The molecule has 3 rings (SSSR count). The van der Waals surface area contributed by atoms with E-state index in [1.54, 1.807) is 28.6 Å². The van der Waals surface area contributed by atoms with Crippen LogP contribution in [0.15, 0.2) is 35.2 Å². The molecule has 1 saturated heterocycles. The zero-order chi connectivity index (χ0) is 19.4. The number of aryl methyl sites for hydroxylation is 2. The van der Waals surface area contributed by atoms with Crippen molar-refractivity contribution in [2.75, 3.05) is 13.1 Å². The van der Waals surface area contributed by atoms with Crippen LogP contribution < -0.4 is 5.32 Å². The summed E-state index contributed by atoms with van der Waals surface area (Å²) in [5.41, 5.74) is 2.03. The maximum atomic E-state index is 12.7. The van der Waals surface area contributed by atoms with E-state index < -0.39 is 10.0 Å². The number of piperidine rings is 1. The number of rotatable bonds is 6. The molecule has 1 amide bonds. The number of sulfonamides is 1. The summed E-state index contributed by atoms with van der Waals surface area (Å²) < 4.78 is 26.9. The normalized spacial score (nSPS) is 15.6. The summed E-state index contributed by atoms with van der Waals surface area (Å²) in [5.74, 6) is -0.0900. The molecule has 1 aromatic heterocycles. The lowest BCUT2D eigenvalue weighted by molar-refractivity contribution is 0.0955. The molecule has 5 nitrogen and oxygen atoms in total. The molecular weight excluding hydrogens is 380 g/mol. The largest absolute Gasteiger partial charge is 0.347 e. The summed E-state index contributed by atoms with van der Waals surface area (Å²) in [7, 11) is -3.41. The molecule has 0 bridgehead atoms. The van der Waals surface area contributed by atoms with Crippen molar-refractivity contribution in [2.24, 2.45) is 0 Å². The summed E-state index contributed by atoms with van der Waals surface area (Å²) in [6.45, 7) is 5.68. The Labute approximate surface area is 165 Å². The van der Waals surface area contributed by atoms with Crippen LogP contribution >= 0.6 is 11.3 Å². The molecule has 27 heavy (non-hydrogen) atoms. The minimum Gasteiger partial charge on any atom is -0.347 e. The highest BCUT2D eigenvalue weighted by molar-refractivity contribution is 7.89. The highest BCUT2D eigenvalue weighted by Gasteiger charge is 2.25. The van der Waals surface area contributed by atoms with Gasteiger partial charge < -0.3 is 5.32 Å². The topological polar surface area (TPSA) is 66.5 Å². The van der Waals surface area contributed by atoms with E-state index in [1.165, 1.54) is 16.2 Å². The molecule has 0 aliphatic carbocycles. The molecule has 0 atom stereocenters. The maximum Gasteiger partial charge on any atom is 0.261 e. The van der Waals surface area contributed by atoms with Gasteiger partial charge in [-0.1, -0.05) is 25.5 Å². The van der Waals surface area contributed by atoms with E-state index >= 15 is 0 Å². The van der Waals surface area contributed by atoms with Gasteiger partial charge in [0.1, 0.15) is 0 Å². The molecule has 1 aromatic carbocycles. The van der Waals surface area contributed by atoms with Crippen LogP contribution in [-0.4, -0.2) is 31.7 Å². The zero-order valence-electron chi connectivity index (χ0n) is 15.8. The quantitative estimate of drug-likeness (QED) is 0.795. The van der Waals surface area contributed by atoms with Crippen molar-refractivity contribution in [1.29, 1.82) is 0 Å². The first kappa shape index (κ1) is 20.0. The van der Waals surface area contributed by atoms with Crippen molar-refractivity contribution >= 4 is 27.3 Å². The second-order valence-corrected chi connectivity index (χ2v) is 9.94. The molecule has 1 aliphatic rings. The van der Waals surface area contributed by atoms with E-state index in [2.05, 4.69) is 12.2 Å². The fraction of sp³-hybridized carbons (Fsp3) is 0.450. The Morgan fingerprint density at radius 1 is 1.15 bits per heavy atom. The number of benzene rings is 1. The minimum absolute atomic E-state index is 0.0900. The molecular formula is C20H26N2O3S2. The van der Waals surface area contributed by atoms with Crippen molar-refractivity contribution in [1.82, 2.24) is 9.62 Å². The summed E-state index contributed by atoms with van der Waals surface area (Å²) in [5, 5.41) is 2.91. The second kappa shape index (κ2) is 8.54. The van der Waals surface area contributed by atoms with Crippen molar-refractivity contribution in [3.8, 4) is 0 Å². The molecule has 0 unspecified atom stereocenters. The first-order valence-corrected chi connectivity index (χ1v) is 11.6. The van der Waals surface area contributed by atoms with Crippen molar-refractivity contribution in [2.45, 2.75) is 51.0 Å². The van der Waals surface area contributed by atoms with Crippen LogP contribution in [0.1, 0.15) is 51.9 Å². The lowest BCUT2D eigenvalue weighted by Crippen LogP contribution is -2.35. The Kier molecular flexibility index (Phi) is 6.34. The summed E-state index contributed by atoms with van der Waals surface area (Å²) >= 11 is 1.53. The van der Waals surface area contributed by atoms with Crippen LogP contribution in [0.3, 0.4) is 0 Å². The van der Waals surface area contributed by atoms with Gasteiger partial charge in [0, 0.05) is 24.5 Å². The summed E-state index contributed by atoms with van der Waals surface area (Å²) in [4.78, 5) is 14.6. The predicted molar refractivity (Wildman–Crippen MR) is 109 cm³/mol. The highest BCUT2D eigenvalue weighted by atomic mass is 32.2. The maximum absolute atomic E-state index is 12.7. The van der Waals surface area contributed by atoms with Crippen LogP contribution in [-0.2, 0) is 23.0 Å². The van der Waals surface area contributed by atoms with Crippen molar-refractivity contribution < 1.29 is 13.2 Å². The zero-order valence-corrected chi connectivity index (χ0v) is 17.5. The average molecular weight is 407 g/mol. The fourth-order valence-electron chi connectivity index (χ4n) is 3.29. The molecule has 146 valence electrons. The third-order valence-electron chi connectivity index (χ3n) is 4.89. The van der Waals surface area contributed by atoms with Gasteiger partial charge in [-0.05, 0) is 55.5 Å². The van der Waals surface area contributed by atoms with Gasteiger partial charge in [-0.3, -0.25) is 4.79 Å². The van der Waals surface area contributed by atoms with Gasteiger partial charge in [-0.25, -0.2) is 8.42 Å². The summed E-state index contributed by atoms with van der Waals surface area (Å²) in [6.07, 6.45) is 3.86. The van der Waals surface area contributed by atoms with Crippen molar-refractivity contribution in [3.05, 3.63) is 51.2 Å². The van der Waals surface area contributed by atoms with Gasteiger partial charge in [-0.15, -0.1) is 11.3 Å². The van der Waals surface area contributed by atoms with Gasteiger partial charge in [0.05, 0.1) is 9.77 Å². The highest BCUT2D eigenvalue weighted by Crippen LogP contribution is 2.23. The van der Waals surface area contributed by atoms with E-state index in [0.29, 0.717) is 29.4 Å². The minimum atomic E-state index is -3.41. The van der Waals surface area contributed by atoms with E-state index in [-0.39, 0.29) is 5.91 Å². The standard InChI is InChI=1S/C20H26N2O3S2/c1-3-18-15(2)13-19(26-18)20(23)21-14-16-7-9-17(10-8-16)27(24,25)22-11-5-4-6-12-22/h7-10,13H,3-6,11-12,14H2,1-2H3,(H,21,23).